The number of hydrogen-bond donors (Lipinski definition) is 1. The topological polar surface area (TPSA) is 28.2 Å². The van der Waals surface area contributed by atoms with Crippen molar-refractivity contribution in [2.45, 2.75) is 46.6 Å². The first kappa shape index (κ1) is 19.4. The second-order valence-corrected chi connectivity index (χ2v) is 7.13. The minimum Gasteiger partial charge on any atom is -0.341 e. The van der Waals surface area contributed by atoms with E-state index in [1.54, 1.807) is 0 Å². The molecule has 0 aliphatic heterocycles. The van der Waals surface area contributed by atoms with Crippen molar-refractivity contribution >= 4 is 23.0 Å². The van der Waals surface area contributed by atoms with Gasteiger partial charge in [-0.05, 0) is 61.7 Å². The molecule has 0 unspecified atom stereocenters. The zero-order valence-electron chi connectivity index (χ0n) is 15.7. The predicted octanol–water partition coefficient (Wildman–Crippen LogP) is 5.45. The first-order chi connectivity index (χ1) is 12.0. The van der Waals surface area contributed by atoms with Crippen molar-refractivity contribution in [1.82, 2.24) is 9.88 Å². The van der Waals surface area contributed by atoms with Crippen LogP contribution in [0.4, 0.5) is 5.69 Å². The molecule has 0 aliphatic rings. The number of aryl methyl sites for hydroxylation is 1. The third-order valence-electron chi connectivity index (χ3n) is 4.43. The molecule has 0 saturated heterocycles. The van der Waals surface area contributed by atoms with Crippen molar-refractivity contribution in [1.29, 1.82) is 0 Å². The Morgan fingerprint density at radius 3 is 2.48 bits per heavy atom. The molecule has 0 bridgehead atoms. The SMILES string of the molecule is CCc1ccccc1NC(=S)N(CCC(C)C)[C@@H](C)c1ccccn1. The summed E-state index contributed by atoms with van der Waals surface area (Å²) in [6.45, 7) is 9.73. The van der Waals surface area contributed by atoms with Crippen LogP contribution in [-0.2, 0) is 6.42 Å². The van der Waals surface area contributed by atoms with Crippen LogP contribution >= 0.6 is 12.2 Å². The number of anilines is 1. The Labute approximate surface area is 157 Å². The van der Waals surface area contributed by atoms with Crippen LogP contribution in [0, 0.1) is 5.92 Å². The normalized spacial score (nSPS) is 12.0. The summed E-state index contributed by atoms with van der Waals surface area (Å²) >= 11 is 5.78. The Kier molecular flexibility index (Phi) is 7.38. The largest absolute Gasteiger partial charge is 0.341 e. The maximum Gasteiger partial charge on any atom is 0.173 e. The summed E-state index contributed by atoms with van der Waals surface area (Å²) < 4.78 is 0. The molecule has 3 nitrogen and oxygen atoms in total. The Morgan fingerprint density at radius 1 is 1.12 bits per heavy atom. The van der Waals surface area contributed by atoms with E-state index in [1.807, 2.05) is 24.4 Å². The van der Waals surface area contributed by atoms with Gasteiger partial charge in [0, 0.05) is 18.4 Å². The quantitative estimate of drug-likeness (QED) is 0.669. The van der Waals surface area contributed by atoms with Gasteiger partial charge in [0.15, 0.2) is 5.11 Å². The molecule has 0 aliphatic carbocycles. The van der Waals surface area contributed by atoms with Crippen molar-refractivity contribution < 1.29 is 0 Å². The van der Waals surface area contributed by atoms with Gasteiger partial charge in [-0.25, -0.2) is 0 Å². The van der Waals surface area contributed by atoms with Crippen LogP contribution in [0.15, 0.2) is 48.7 Å². The highest BCUT2D eigenvalue weighted by Crippen LogP contribution is 2.22. The monoisotopic (exact) mass is 355 g/mol. The molecule has 0 amide bonds. The lowest BCUT2D eigenvalue weighted by Crippen LogP contribution is -2.38. The highest BCUT2D eigenvalue weighted by atomic mass is 32.1. The number of hydrogen-bond acceptors (Lipinski definition) is 2. The molecular weight excluding hydrogens is 326 g/mol. The highest BCUT2D eigenvalue weighted by Gasteiger charge is 2.20. The molecule has 2 aromatic rings. The van der Waals surface area contributed by atoms with Crippen LogP contribution in [0.3, 0.4) is 0 Å². The summed E-state index contributed by atoms with van der Waals surface area (Å²) in [4.78, 5) is 6.77. The molecule has 0 spiro atoms. The van der Waals surface area contributed by atoms with Gasteiger partial charge >= 0.3 is 0 Å². The smallest absolute Gasteiger partial charge is 0.173 e. The van der Waals surface area contributed by atoms with Crippen molar-refractivity contribution in [2.75, 3.05) is 11.9 Å². The first-order valence-electron chi connectivity index (χ1n) is 9.09. The average Bonchev–Trinajstić information content (AvgIpc) is 2.62. The third kappa shape index (κ3) is 5.53. The molecular formula is C21H29N3S. The maximum atomic E-state index is 5.78. The number of pyridine rings is 1. The summed E-state index contributed by atoms with van der Waals surface area (Å²) in [7, 11) is 0. The molecule has 1 aromatic heterocycles. The lowest BCUT2D eigenvalue weighted by Gasteiger charge is -2.32. The lowest BCUT2D eigenvalue weighted by atomic mass is 10.1. The molecule has 1 heterocycles. The van der Waals surface area contributed by atoms with Gasteiger partial charge in [-0.1, -0.05) is 45.0 Å². The van der Waals surface area contributed by atoms with Gasteiger partial charge in [-0.15, -0.1) is 0 Å². The molecule has 0 radical (unpaired) electrons. The van der Waals surface area contributed by atoms with Crippen LogP contribution in [0.1, 0.15) is 51.4 Å². The second-order valence-electron chi connectivity index (χ2n) is 6.75. The van der Waals surface area contributed by atoms with E-state index < -0.39 is 0 Å². The number of nitrogens with one attached hydrogen (secondary N) is 1. The second kappa shape index (κ2) is 9.52. The van der Waals surface area contributed by atoms with Crippen molar-refractivity contribution in [3.63, 3.8) is 0 Å². The van der Waals surface area contributed by atoms with Gasteiger partial charge in [0.2, 0.25) is 0 Å². The average molecular weight is 356 g/mol. The Bertz CT molecular complexity index is 670. The van der Waals surface area contributed by atoms with E-state index in [9.17, 15) is 0 Å². The minimum atomic E-state index is 0.133. The molecule has 1 atom stereocenters. The van der Waals surface area contributed by atoms with E-state index in [-0.39, 0.29) is 6.04 Å². The highest BCUT2D eigenvalue weighted by molar-refractivity contribution is 7.80. The fourth-order valence-corrected chi connectivity index (χ4v) is 3.15. The Balaban J connectivity index is 2.20. The molecule has 4 heteroatoms. The van der Waals surface area contributed by atoms with Crippen LogP contribution in [0.5, 0.6) is 0 Å². The lowest BCUT2D eigenvalue weighted by molar-refractivity contribution is 0.313. The number of aromatic nitrogens is 1. The molecule has 0 saturated carbocycles. The van der Waals surface area contributed by atoms with Crippen molar-refractivity contribution in [3.05, 3.63) is 59.9 Å². The standard InChI is InChI=1S/C21H29N3S/c1-5-18-10-6-7-12-20(18)23-21(25)24(15-13-16(2)3)17(4)19-11-8-9-14-22-19/h6-12,14,16-17H,5,13,15H2,1-4H3,(H,23,25)/t17-/m0/s1. The van der Waals surface area contributed by atoms with E-state index >= 15 is 0 Å². The van der Waals surface area contributed by atoms with Crippen LogP contribution in [-0.4, -0.2) is 21.5 Å². The van der Waals surface area contributed by atoms with Gasteiger partial charge in [0.25, 0.3) is 0 Å². The summed E-state index contributed by atoms with van der Waals surface area (Å²) in [6.07, 6.45) is 3.91. The van der Waals surface area contributed by atoms with Crippen molar-refractivity contribution in [3.8, 4) is 0 Å². The number of rotatable bonds is 7. The number of thiocarbonyl (C=S) groups is 1. The number of benzene rings is 1. The molecule has 2 rings (SSSR count). The fourth-order valence-electron chi connectivity index (χ4n) is 2.79. The summed E-state index contributed by atoms with van der Waals surface area (Å²) in [5.74, 6) is 0.629. The number of nitrogens with zero attached hydrogens (tertiary/aromatic N) is 2. The summed E-state index contributed by atoms with van der Waals surface area (Å²) in [5, 5.41) is 4.23. The van der Waals surface area contributed by atoms with Gasteiger partial charge < -0.3 is 10.2 Å². The maximum absolute atomic E-state index is 5.78. The number of para-hydroxylation sites is 1. The van der Waals surface area contributed by atoms with E-state index in [2.05, 4.69) is 67.2 Å². The van der Waals surface area contributed by atoms with E-state index in [4.69, 9.17) is 12.2 Å². The Hall–Kier alpha value is -1.94. The molecule has 1 N–H and O–H groups in total. The van der Waals surface area contributed by atoms with Gasteiger partial charge in [-0.2, -0.15) is 0 Å². The van der Waals surface area contributed by atoms with Crippen molar-refractivity contribution in [2.24, 2.45) is 5.92 Å². The van der Waals surface area contributed by atoms with Crippen LogP contribution in [0.25, 0.3) is 0 Å². The van der Waals surface area contributed by atoms with E-state index in [1.165, 1.54) is 5.56 Å². The Morgan fingerprint density at radius 2 is 1.84 bits per heavy atom. The molecule has 0 fully saturated rings. The predicted molar refractivity (Wildman–Crippen MR) is 111 cm³/mol. The summed E-state index contributed by atoms with van der Waals surface area (Å²) in [6, 6.07) is 14.5. The van der Waals surface area contributed by atoms with Crippen LogP contribution in [0.2, 0.25) is 0 Å². The van der Waals surface area contributed by atoms with E-state index in [0.29, 0.717) is 5.92 Å². The van der Waals surface area contributed by atoms with Gasteiger partial charge in [-0.3, -0.25) is 4.98 Å². The van der Waals surface area contributed by atoms with Gasteiger partial charge in [0.1, 0.15) is 0 Å². The fraction of sp³-hybridized carbons (Fsp3) is 0.429. The molecule has 25 heavy (non-hydrogen) atoms. The van der Waals surface area contributed by atoms with E-state index in [0.717, 1.165) is 35.9 Å². The summed E-state index contributed by atoms with van der Waals surface area (Å²) in [5.41, 5.74) is 3.41. The van der Waals surface area contributed by atoms with Gasteiger partial charge in [0.05, 0.1) is 11.7 Å². The third-order valence-corrected chi connectivity index (χ3v) is 4.77. The minimum absolute atomic E-state index is 0.133. The zero-order chi connectivity index (χ0) is 18.2. The first-order valence-corrected chi connectivity index (χ1v) is 9.50. The molecule has 1 aromatic carbocycles. The zero-order valence-corrected chi connectivity index (χ0v) is 16.5. The van der Waals surface area contributed by atoms with Crippen LogP contribution < -0.4 is 5.32 Å². The molecule has 134 valence electrons.